The number of hydrogen-bond acceptors (Lipinski definition) is 2. The maximum atomic E-state index is 13.4. The molecular formula is C21H18F9NO. The highest BCUT2D eigenvalue weighted by Gasteiger charge is 2.46. The van der Waals surface area contributed by atoms with Gasteiger partial charge in [0.15, 0.2) is 0 Å². The predicted octanol–water partition coefficient (Wildman–Crippen LogP) is 6.04. The van der Waals surface area contributed by atoms with Crippen molar-refractivity contribution in [2.24, 2.45) is 0 Å². The summed E-state index contributed by atoms with van der Waals surface area (Å²) in [6.45, 7) is 1.57. The molecule has 11 heteroatoms. The fourth-order valence-corrected chi connectivity index (χ4v) is 3.95. The molecule has 176 valence electrons. The van der Waals surface area contributed by atoms with Gasteiger partial charge in [-0.2, -0.15) is 39.5 Å². The number of rotatable bonds is 3. The van der Waals surface area contributed by atoms with Crippen LogP contribution >= 0.6 is 0 Å². The van der Waals surface area contributed by atoms with Crippen LogP contribution in [0.15, 0.2) is 36.4 Å². The molecule has 1 saturated heterocycles. The second-order valence-corrected chi connectivity index (χ2v) is 7.80. The van der Waals surface area contributed by atoms with Crippen LogP contribution in [0.4, 0.5) is 39.5 Å². The fourth-order valence-electron chi connectivity index (χ4n) is 3.95. The van der Waals surface area contributed by atoms with Gasteiger partial charge in [0.2, 0.25) is 0 Å². The SMILES string of the molecule is Cc1cc(C(F)(F)F)cc(C(O)(c2cc(C(F)(F)F)cc(C(F)(F)F)c2)[C@H]2CCCN2)c1. The third-order valence-electron chi connectivity index (χ3n) is 5.44. The quantitative estimate of drug-likeness (QED) is 0.535. The number of halogens is 9. The van der Waals surface area contributed by atoms with Crippen LogP contribution in [0.25, 0.3) is 0 Å². The first kappa shape index (κ1) is 24.4. The molecule has 1 fully saturated rings. The Balaban J connectivity index is 2.34. The van der Waals surface area contributed by atoms with E-state index in [9.17, 15) is 44.6 Å². The second kappa shape index (κ2) is 7.95. The van der Waals surface area contributed by atoms with Gasteiger partial charge in [0.1, 0.15) is 5.60 Å². The lowest BCUT2D eigenvalue weighted by Crippen LogP contribution is -2.46. The van der Waals surface area contributed by atoms with Crippen molar-refractivity contribution in [3.8, 4) is 0 Å². The Labute approximate surface area is 177 Å². The Hall–Kier alpha value is -2.27. The lowest BCUT2D eigenvalue weighted by molar-refractivity contribution is -0.143. The normalized spacial score (nSPS) is 19.8. The third kappa shape index (κ3) is 4.73. The summed E-state index contributed by atoms with van der Waals surface area (Å²) < 4.78 is 120. The topological polar surface area (TPSA) is 32.3 Å². The van der Waals surface area contributed by atoms with Crippen molar-refractivity contribution in [2.75, 3.05) is 6.54 Å². The van der Waals surface area contributed by atoms with Gasteiger partial charge in [-0.1, -0.05) is 11.6 Å². The van der Waals surface area contributed by atoms with Crippen LogP contribution < -0.4 is 5.32 Å². The van der Waals surface area contributed by atoms with Crippen LogP contribution in [-0.2, 0) is 24.1 Å². The Bertz CT molecular complexity index is 956. The molecule has 2 aromatic carbocycles. The number of hydrogen-bond donors (Lipinski definition) is 2. The van der Waals surface area contributed by atoms with Gasteiger partial charge in [-0.25, -0.2) is 0 Å². The van der Waals surface area contributed by atoms with Crippen LogP contribution in [0, 0.1) is 6.92 Å². The Morgan fingerprint density at radius 3 is 1.47 bits per heavy atom. The first-order chi connectivity index (χ1) is 14.5. The fraction of sp³-hybridized carbons (Fsp3) is 0.429. The number of aliphatic hydroxyl groups is 1. The van der Waals surface area contributed by atoms with Crippen LogP contribution in [0.2, 0.25) is 0 Å². The van der Waals surface area contributed by atoms with Gasteiger partial charge in [0.05, 0.1) is 16.7 Å². The van der Waals surface area contributed by atoms with E-state index >= 15 is 0 Å². The zero-order valence-electron chi connectivity index (χ0n) is 16.5. The molecule has 1 unspecified atom stereocenters. The zero-order valence-corrected chi connectivity index (χ0v) is 16.5. The molecular weight excluding hydrogens is 453 g/mol. The van der Waals surface area contributed by atoms with E-state index in [0.29, 0.717) is 24.6 Å². The third-order valence-corrected chi connectivity index (χ3v) is 5.44. The lowest BCUT2D eigenvalue weighted by atomic mass is 9.77. The van der Waals surface area contributed by atoms with Gasteiger partial charge in [-0.15, -0.1) is 0 Å². The summed E-state index contributed by atoms with van der Waals surface area (Å²) in [6.07, 6.45) is -14.6. The average molecular weight is 471 g/mol. The Morgan fingerprint density at radius 2 is 1.06 bits per heavy atom. The minimum Gasteiger partial charge on any atom is -0.379 e. The van der Waals surface area contributed by atoms with E-state index in [0.717, 1.165) is 12.1 Å². The molecule has 0 spiro atoms. The highest BCUT2D eigenvalue weighted by atomic mass is 19.4. The van der Waals surface area contributed by atoms with Gasteiger partial charge in [0, 0.05) is 6.04 Å². The highest BCUT2D eigenvalue weighted by molar-refractivity contribution is 5.46. The summed E-state index contributed by atoms with van der Waals surface area (Å²) in [6, 6.07) is 1.97. The number of aryl methyl sites for hydroxylation is 1. The Morgan fingerprint density at radius 1 is 0.688 bits per heavy atom. The molecule has 0 amide bonds. The van der Waals surface area contributed by atoms with E-state index < -0.39 is 58.0 Å². The molecule has 1 aliphatic rings. The van der Waals surface area contributed by atoms with Crippen LogP contribution in [0.5, 0.6) is 0 Å². The van der Waals surface area contributed by atoms with Crippen molar-refractivity contribution in [3.05, 3.63) is 69.8 Å². The van der Waals surface area contributed by atoms with Crippen LogP contribution in [-0.4, -0.2) is 17.7 Å². The maximum Gasteiger partial charge on any atom is 0.416 e. The van der Waals surface area contributed by atoms with E-state index in [-0.39, 0.29) is 24.6 Å². The van der Waals surface area contributed by atoms with Crippen molar-refractivity contribution in [1.29, 1.82) is 0 Å². The second-order valence-electron chi connectivity index (χ2n) is 7.80. The first-order valence-corrected chi connectivity index (χ1v) is 9.48. The molecule has 1 aliphatic heterocycles. The first-order valence-electron chi connectivity index (χ1n) is 9.48. The standard InChI is InChI=1S/C21H18F9NO/c1-11-5-12(7-14(6-11)19(22,23)24)18(32,17-3-2-4-31-17)13-8-15(20(25,26)27)10-16(9-13)21(28,29)30/h5-10,17,31-32H,2-4H2,1H3/t17-,18?/m1/s1. The molecule has 0 aromatic heterocycles. The smallest absolute Gasteiger partial charge is 0.379 e. The molecule has 2 nitrogen and oxygen atoms in total. The van der Waals surface area contributed by atoms with Gasteiger partial charge < -0.3 is 10.4 Å². The number of alkyl halides is 9. The van der Waals surface area contributed by atoms with Crippen molar-refractivity contribution < 1.29 is 44.6 Å². The van der Waals surface area contributed by atoms with Crippen LogP contribution in [0.1, 0.15) is 46.2 Å². The highest BCUT2D eigenvalue weighted by Crippen LogP contribution is 2.44. The van der Waals surface area contributed by atoms with Gasteiger partial charge in [0.25, 0.3) is 0 Å². The van der Waals surface area contributed by atoms with Crippen molar-refractivity contribution in [3.63, 3.8) is 0 Å². The van der Waals surface area contributed by atoms with Crippen molar-refractivity contribution in [1.82, 2.24) is 5.32 Å². The summed E-state index contributed by atoms with van der Waals surface area (Å²) in [5, 5.41) is 14.4. The molecule has 2 aromatic rings. The molecule has 32 heavy (non-hydrogen) atoms. The molecule has 2 atom stereocenters. The maximum absolute atomic E-state index is 13.4. The minimum absolute atomic E-state index is 0.0364. The largest absolute Gasteiger partial charge is 0.416 e. The lowest BCUT2D eigenvalue weighted by Gasteiger charge is -2.36. The predicted molar refractivity (Wildman–Crippen MR) is 96.7 cm³/mol. The number of benzene rings is 2. The zero-order chi connectivity index (χ0) is 24.1. The molecule has 0 radical (unpaired) electrons. The summed E-state index contributed by atoms with van der Waals surface area (Å²) in [5.41, 5.74) is -8.29. The van der Waals surface area contributed by atoms with Gasteiger partial charge >= 0.3 is 18.5 Å². The van der Waals surface area contributed by atoms with Crippen LogP contribution in [0.3, 0.4) is 0 Å². The molecule has 0 saturated carbocycles. The van der Waals surface area contributed by atoms with E-state index in [4.69, 9.17) is 0 Å². The van der Waals surface area contributed by atoms with Gasteiger partial charge in [-0.3, -0.25) is 0 Å². The monoisotopic (exact) mass is 471 g/mol. The van der Waals surface area contributed by atoms with Crippen molar-refractivity contribution in [2.45, 2.75) is 49.9 Å². The van der Waals surface area contributed by atoms with E-state index in [1.165, 1.54) is 6.92 Å². The molecule has 0 aliphatic carbocycles. The van der Waals surface area contributed by atoms with E-state index in [1.54, 1.807) is 0 Å². The van der Waals surface area contributed by atoms with E-state index in [1.807, 2.05) is 0 Å². The molecule has 0 bridgehead atoms. The molecule has 3 rings (SSSR count). The Kier molecular flexibility index (Phi) is 6.05. The van der Waals surface area contributed by atoms with E-state index in [2.05, 4.69) is 5.32 Å². The number of nitrogens with one attached hydrogen (secondary N) is 1. The summed E-state index contributed by atoms with van der Waals surface area (Å²) >= 11 is 0. The summed E-state index contributed by atoms with van der Waals surface area (Å²) in [7, 11) is 0. The minimum atomic E-state index is -5.18. The molecule has 2 N–H and O–H groups in total. The van der Waals surface area contributed by atoms with Gasteiger partial charge in [-0.05, 0) is 67.8 Å². The summed E-state index contributed by atoms with van der Waals surface area (Å²) in [4.78, 5) is 0. The summed E-state index contributed by atoms with van der Waals surface area (Å²) in [5.74, 6) is 0. The average Bonchev–Trinajstić information content (AvgIpc) is 3.19. The van der Waals surface area contributed by atoms with Crippen molar-refractivity contribution >= 4 is 0 Å². The molecule has 1 heterocycles.